The first-order valence-electron chi connectivity index (χ1n) is 7.12. The third kappa shape index (κ3) is 4.74. The molecule has 0 radical (unpaired) electrons. The number of nitrogens with one attached hydrogen (secondary N) is 1. The highest BCUT2D eigenvalue weighted by atomic mass is 127. The molecule has 0 bridgehead atoms. The van der Waals surface area contributed by atoms with E-state index < -0.39 is 0 Å². The van der Waals surface area contributed by atoms with Gasteiger partial charge in [0.2, 0.25) is 0 Å². The molecule has 1 aliphatic heterocycles. The lowest BCUT2D eigenvalue weighted by atomic mass is 10.0. The monoisotopic (exact) mass is 388 g/mol. The maximum absolute atomic E-state index is 13.1. The Kier molecular flexibility index (Phi) is 5.84. The Morgan fingerprint density at radius 2 is 2.10 bits per heavy atom. The number of piperidine rings is 1. The molecule has 1 N–H and O–H groups in total. The van der Waals surface area contributed by atoms with E-state index in [0.29, 0.717) is 6.04 Å². The second kappa shape index (κ2) is 7.41. The first-order chi connectivity index (χ1) is 9.54. The van der Waals surface area contributed by atoms with Gasteiger partial charge in [-0.05, 0) is 67.5 Å². The number of anilines is 1. The third-order valence-electron chi connectivity index (χ3n) is 3.64. The molecule has 0 saturated carbocycles. The standard InChI is InChI=1S/C16H22FIN2/c1-12(2)5-8-20-9-6-14(7-10-20)19-16-4-3-13(17)11-15(16)18/h3-5,11,14,19H,6-10H2,1-2H3. The Balaban J connectivity index is 1.83. The molecule has 0 atom stereocenters. The number of likely N-dealkylation sites (tertiary alicyclic amines) is 1. The van der Waals surface area contributed by atoms with Gasteiger partial charge in [0, 0.05) is 34.9 Å². The summed E-state index contributed by atoms with van der Waals surface area (Å²) in [5, 5.41) is 3.55. The molecule has 1 aromatic rings. The van der Waals surface area contributed by atoms with Crippen LogP contribution in [0.25, 0.3) is 0 Å². The van der Waals surface area contributed by atoms with Gasteiger partial charge in [0.05, 0.1) is 0 Å². The fraction of sp³-hybridized carbons (Fsp3) is 0.500. The smallest absolute Gasteiger partial charge is 0.124 e. The molecule has 1 aromatic carbocycles. The maximum Gasteiger partial charge on any atom is 0.124 e. The van der Waals surface area contributed by atoms with Crippen LogP contribution in [0.5, 0.6) is 0 Å². The van der Waals surface area contributed by atoms with Crippen molar-refractivity contribution in [3.8, 4) is 0 Å². The fourth-order valence-electron chi connectivity index (χ4n) is 2.40. The van der Waals surface area contributed by atoms with Crippen molar-refractivity contribution in [2.45, 2.75) is 32.7 Å². The molecule has 4 heteroatoms. The summed E-state index contributed by atoms with van der Waals surface area (Å²) in [6, 6.07) is 5.44. The number of benzene rings is 1. The Morgan fingerprint density at radius 1 is 1.40 bits per heavy atom. The summed E-state index contributed by atoms with van der Waals surface area (Å²) in [5.74, 6) is -0.170. The Morgan fingerprint density at radius 3 is 2.70 bits per heavy atom. The number of hydrogen-bond donors (Lipinski definition) is 1. The van der Waals surface area contributed by atoms with Gasteiger partial charge in [-0.2, -0.15) is 0 Å². The van der Waals surface area contributed by atoms with E-state index in [0.717, 1.165) is 41.7 Å². The van der Waals surface area contributed by atoms with Crippen LogP contribution in [-0.2, 0) is 0 Å². The second-order valence-electron chi connectivity index (χ2n) is 5.62. The van der Waals surface area contributed by atoms with Crippen LogP contribution in [0.3, 0.4) is 0 Å². The van der Waals surface area contributed by atoms with E-state index in [1.54, 1.807) is 6.07 Å². The number of hydrogen-bond acceptors (Lipinski definition) is 2. The van der Waals surface area contributed by atoms with E-state index in [4.69, 9.17) is 0 Å². The molecular weight excluding hydrogens is 366 g/mol. The van der Waals surface area contributed by atoms with Gasteiger partial charge in [-0.25, -0.2) is 4.39 Å². The molecule has 0 unspecified atom stereocenters. The Hall–Kier alpha value is -0.620. The lowest BCUT2D eigenvalue weighted by molar-refractivity contribution is 0.240. The van der Waals surface area contributed by atoms with Crippen LogP contribution in [0.15, 0.2) is 29.8 Å². The highest BCUT2D eigenvalue weighted by Crippen LogP contribution is 2.22. The van der Waals surface area contributed by atoms with Crippen molar-refractivity contribution in [2.24, 2.45) is 0 Å². The van der Waals surface area contributed by atoms with Crippen LogP contribution in [0.2, 0.25) is 0 Å². The van der Waals surface area contributed by atoms with Crippen molar-refractivity contribution in [2.75, 3.05) is 25.0 Å². The second-order valence-corrected chi connectivity index (χ2v) is 6.79. The summed E-state index contributed by atoms with van der Waals surface area (Å²) in [4.78, 5) is 2.49. The van der Waals surface area contributed by atoms with Crippen molar-refractivity contribution in [1.82, 2.24) is 4.90 Å². The maximum atomic E-state index is 13.1. The molecule has 20 heavy (non-hydrogen) atoms. The fourth-order valence-corrected chi connectivity index (χ4v) is 3.03. The summed E-state index contributed by atoms with van der Waals surface area (Å²) < 4.78 is 14.0. The van der Waals surface area contributed by atoms with Crippen molar-refractivity contribution < 1.29 is 4.39 Å². The lowest BCUT2D eigenvalue weighted by Crippen LogP contribution is -2.39. The molecule has 0 amide bonds. The summed E-state index contributed by atoms with van der Waals surface area (Å²) in [5.41, 5.74) is 2.43. The quantitative estimate of drug-likeness (QED) is 0.612. The van der Waals surface area contributed by atoms with E-state index in [1.165, 1.54) is 11.6 Å². The largest absolute Gasteiger partial charge is 0.381 e. The van der Waals surface area contributed by atoms with Crippen LogP contribution in [0, 0.1) is 9.39 Å². The van der Waals surface area contributed by atoms with Crippen LogP contribution in [0.4, 0.5) is 10.1 Å². The molecule has 2 rings (SSSR count). The van der Waals surface area contributed by atoms with E-state index in [1.807, 2.05) is 6.07 Å². The number of nitrogens with zero attached hydrogens (tertiary/aromatic N) is 1. The van der Waals surface area contributed by atoms with Crippen LogP contribution in [-0.4, -0.2) is 30.6 Å². The van der Waals surface area contributed by atoms with Gasteiger partial charge in [-0.3, -0.25) is 4.90 Å². The normalized spacial score (nSPS) is 17.0. The summed E-state index contributed by atoms with van der Waals surface area (Å²) in [6.45, 7) is 7.59. The van der Waals surface area contributed by atoms with Crippen molar-refractivity contribution >= 4 is 28.3 Å². The molecule has 0 spiro atoms. The minimum atomic E-state index is -0.170. The predicted molar refractivity (Wildman–Crippen MR) is 91.6 cm³/mol. The molecule has 1 fully saturated rings. The van der Waals surface area contributed by atoms with Crippen molar-refractivity contribution in [1.29, 1.82) is 0 Å². The van der Waals surface area contributed by atoms with Gasteiger partial charge < -0.3 is 5.32 Å². The van der Waals surface area contributed by atoms with Gasteiger partial charge in [0.1, 0.15) is 5.82 Å². The Labute approximate surface area is 134 Å². The van der Waals surface area contributed by atoms with Crippen LogP contribution < -0.4 is 5.32 Å². The van der Waals surface area contributed by atoms with Gasteiger partial charge in [-0.1, -0.05) is 11.6 Å². The lowest BCUT2D eigenvalue weighted by Gasteiger charge is -2.32. The van der Waals surface area contributed by atoms with E-state index >= 15 is 0 Å². The topological polar surface area (TPSA) is 15.3 Å². The van der Waals surface area contributed by atoms with Crippen LogP contribution in [0.1, 0.15) is 26.7 Å². The molecule has 2 nitrogen and oxygen atoms in total. The predicted octanol–water partition coefficient (Wildman–Crippen LogP) is 4.27. The minimum absolute atomic E-state index is 0.170. The Bertz CT molecular complexity index is 475. The molecular formula is C16H22FIN2. The number of halogens is 2. The zero-order chi connectivity index (χ0) is 14.5. The summed E-state index contributed by atoms with van der Waals surface area (Å²) in [7, 11) is 0. The van der Waals surface area contributed by atoms with Gasteiger partial charge >= 0.3 is 0 Å². The van der Waals surface area contributed by atoms with Crippen LogP contribution >= 0.6 is 22.6 Å². The minimum Gasteiger partial charge on any atom is -0.381 e. The summed E-state index contributed by atoms with van der Waals surface area (Å²) in [6.07, 6.45) is 4.57. The van der Waals surface area contributed by atoms with E-state index in [-0.39, 0.29) is 5.82 Å². The first kappa shape index (κ1) is 15.8. The first-order valence-corrected chi connectivity index (χ1v) is 8.20. The molecule has 1 aliphatic rings. The molecule has 1 heterocycles. The van der Waals surface area contributed by atoms with Crippen molar-refractivity contribution in [3.05, 3.63) is 39.2 Å². The molecule has 0 aliphatic carbocycles. The average Bonchev–Trinajstić information content (AvgIpc) is 2.41. The molecule has 1 saturated heterocycles. The zero-order valence-corrected chi connectivity index (χ0v) is 14.3. The SMILES string of the molecule is CC(C)=CCN1CCC(Nc2ccc(F)cc2I)CC1. The van der Waals surface area contributed by atoms with E-state index in [9.17, 15) is 4.39 Å². The van der Waals surface area contributed by atoms with Crippen molar-refractivity contribution in [3.63, 3.8) is 0 Å². The van der Waals surface area contributed by atoms with Gasteiger partial charge in [0.25, 0.3) is 0 Å². The summed E-state index contributed by atoms with van der Waals surface area (Å²) >= 11 is 2.19. The highest BCUT2D eigenvalue weighted by molar-refractivity contribution is 14.1. The number of allylic oxidation sites excluding steroid dienone is 1. The third-order valence-corrected chi connectivity index (χ3v) is 4.53. The molecule has 110 valence electrons. The average molecular weight is 388 g/mol. The number of rotatable bonds is 4. The van der Waals surface area contributed by atoms with Gasteiger partial charge in [-0.15, -0.1) is 0 Å². The highest BCUT2D eigenvalue weighted by Gasteiger charge is 2.18. The van der Waals surface area contributed by atoms with Gasteiger partial charge in [0.15, 0.2) is 0 Å². The molecule has 0 aromatic heterocycles. The van der Waals surface area contributed by atoms with E-state index in [2.05, 4.69) is 52.7 Å². The zero-order valence-electron chi connectivity index (χ0n) is 12.1.